The lowest BCUT2D eigenvalue weighted by Crippen LogP contribution is -2.15. The molecule has 0 spiro atoms. The second-order valence-corrected chi connectivity index (χ2v) is 7.52. The Kier molecular flexibility index (Phi) is 5.61. The zero-order valence-electron chi connectivity index (χ0n) is 10.0. The number of aryl methyl sites for hydroxylation is 1. The molecule has 0 aromatic carbocycles. The normalized spacial score (nSPS) is 11.3. The lowest BCUT2D eigenvalue weighted by atomic mass is 10.2. The van der Waals surface area contributed by atoms with Gasteiger partial charge in [0.2, 0.25) is 10.0 Å². The molecule has 1 rings (SSSR count). The minimum absolute atomic E-state index is 0.221. The molecule has 1 N–H and O–H groups in total. The third-order valence-corrected chi connectivity index (χ3v) is 5.95. The number of nitrogens with one attached hydrogen (secondary N) is 1. The number of alkyl halides is 1. The second kappa shape index (κ2) is 6.53. The second-order valence-electron chi connectivity index (χ2n) is 3.36. The zero-order valence-corrected chi connectivity index (χ0v) is 13.2. The fourth-order valence-electron chi connectivity index (χ4n) is 1.22. The Hall–Kier alpha value is -0.600. The van der Waals surface area contributed by atoms with Crippen LogP contribution in [0.15, 0.2) is 6.07 Å². The van der Waals surface area contributed by atoms with Crippen molar-refractivity contribution in [1.29, 1.82) is 0 Å². The summed E-state index contributed by atoms with van der Waals surface area (Å²) in [5.41, 5.74) is 0.267. The Morgan fingerprint density at radius 3 is 2.67 bits per heavy atom. The van der Waals surface area contributed by atoms with E-state index in [4.69, 9.17) is 4.74 Å². The molecule has 0 atom stereocenters. The molecule has 0 amide bonds. The van der Waals surface area contributed by atoms with Crippen LogP contribution in [0.1, 0.15) is 29.1 Å². The zero-order chi connectivity index (χ0) is 13.8. The van der Waals surface area contributed by atoms with Crippen molar-refractivity contribution in [1.82, 2.24) is 0 Å². The summed E-state index contributed by atoms with van der Waals surface area (Å²) in [6, 6.07) is 1.66. The number of halogens is 1. The molecule has 0 bridgehead atoms. The molecule has 0 radical (unpaired) electrons. The Morgan fingerprint density at radius 2 is 2.17 bits per heavy atom. The van der Waals surface area contributed by atoms with Crippen molar-refractivity contribution in [3.05, 3.63) is 16.5 Å². The number of rotatable bonds is 6. The monoisotopic (exact) mass is 355 g/mol. The number of esters is 1. The highest BCUT2D eigenvalue weighted by Crippen LogP contribution is 2.30. The number of carbonyl (C=O) groups is 1. The average molecular weight is 356 g/mol. The van der Waals surface area contributed by atoms with Gasteiger partial charge in [0.05, 0.1) is 12.2 Å². The predicted molar refractivity (Wildman–Crippen MR) is 76.0 cm³/mol. The Balaban J connectivity index is 3.09. The van der Waals surface area contributed by atoms with E-state index in [-0.39, 0.29) is 16.8 Å². The van der Waals surface area contributed by atoms with Gasteiger partial charge in [-0.3, -0.25) is 4.72 Å². The van der Waals surface area contributed by atoms with Gasteiger partial charge >= 0.3 is 5.97 Å². The minimum Gasteiger partial charge on any atom is -0.462 e. The Bertz CT molecular complexity index is 524. The number of carbonyl (C=O) groups excluding carboxylic acids is 1. The molecule has 1 aromatic heterocycles. The van der Waals surface area contributed by atoms with Crippen LogP contribution in [0, 0.1) is 0 Å². The standard InChI is InChI=1S/C10H14BrNO4S2/c1-3-7-5-8(10(13)16-4-2)9(17-7)12-18(14,15)6-11/h5,12H,3-4,6H2,1-2H3. The third kappa shape index (κ3) is 3.96. The Morgan fingerprint density at radius 1 is 1.50 bits per heavy atom. The highest BCUT2D eigenvalue weighted by Gasteiger charge is 2.20. The SMILES string of the molecule is CCOC(=O)c1cc(CC)sc1NS(=O)(=O)CBr. The van der Waals surface area contributed by atoms with Crippen molar-refractivity contribution in [3.8, 4) is 0 Å². The molecule has 0 aliphatic rings. The molecule has 18 heavy (non-hydrogen) atoms. The smallest absolute Gasteiger partial charge is 0.341 e. The van der Waals surface area contributed by atoms with Gasteiger partial charge in [-0.25, -0.2) is 13.2 Å². The van der Waals surface area contributed by atoms with Crippen molar-refractivity contribution >= 4 is 48.3 Å². The molecule has 5 nitrogen and oxygen atoms in total. The highest BCUT2D eigenvalue weighted by atomic mass is 79.9. The summed E-state index contributed by atoms with van der Waals surface area (Å²) in [4.78, 5) is 12.6. The minimum atomic E-state index is -3.47. The molecule has 0 saturated heterocycles. The lowest BCUT2D eigenvalue weighted by molar-refractivity contribution is 0.0528. The summed E-state index contributed by atoms with van der Waals surface area (Å²) in [6.45, 7) is 3.89. The fraction of sp³-hybridized carbons (Fsp3) is 0.500. The van der Waals surface area contributed by atoms with Crippen LogP contribution in [0.2, 0.25) is 0 Å². The number of ether oxygens (including phenoxy) is 1. The maximum absolute atomic E-state index is 11.7. The summed E-state index contributed by atoms with van der Waals surface area (Å²) >= 11 is 4.13. The van der Waals surface area contributed by atoms with Crippen LogP contribution in [0.25, 0.3) is 0 Å². The number of hydrogen-bond acceptors (Lipinski definition) is 5. The van der Waals surface area contributed by atoms with Crippen LogP contribution >= 0.6 is 27.3 Å². The van der Waals surface area contributed by atoms with Crippen molar-refractivity contribution in [2.75, 3.05) is 16.0 Å². The molecule has 8 heteroatoms. The van der Waals surface area contributed by atoms with E-state index in [2.05, 4.69) is 20.7 Å². The predicted octanol–water partition coefficient (Wildman–Crippen LogP) is 2.58. The van der Waals surface area contributed by atoms with Crippen molar-refractivity contribution in [2.24, 2.45) is 0 Å². The molecule has 0 saturated carbocycles. The topological polar surface area (TPSA) is 72.5 Å². The molecule has 0 unspecified atom stereocenters. The maximum atomic E-state index is 11.7. The van der Waals surface area contributed by atoms with E-state index >= 15 is 0 Å². The summed E-state index contributed by atoms with van der Waals surface area (Å²) in [7, 11) is -3.47. The van der Waals surface area contributed by atoms with Crippen molar-refractivity contribution in [3.63, 3.8) is 0 Å². The first-order valence-electron chi connectivity index (χ1n) is 5.29. The van der Waals surface area contributed by atoms with E-state index in [1.165, 1.54) is 11.3 Å². The van der Waals surface area contributed by atoms with Gasteiger partial charge in [-0.2, -0.15) is 0 Å². The molecule has 0 aliphatic heterocycles. The number of thiophene rings is 1. The average Bonchev–Trinajstić information content (AvgIpc) is 2.72. The van der Waals surface area contributed by atoms with Crippen LogP contribution in [0.5, 0.6) is 0 Å². The van der Waals surface area contributed by atoms with Gasteiger partial charge in [-0.1, -0.05) is 22.9 Å². The van der Waals surface area contributed by atoms with Gasteiger partial charge in [-0.05, 0) is 19.4 Å². The summed E-state index contributed by atoms with van der Waals surface area (Å²) in [6.07, 6.45) is 0.729. The van der Waals surface area contributed by atoms with Crippen molar-refractivity contribution in [2.45, 2.75) is 20.3 Å². The fourth-order valence-corrected chi connectivity index (χ4v) is 3.39. The molecule has 0 fully saturated rings. The summed E-state index contributed by atoms with van der Waals surface area (Å²) in [5.74, 6) is -0.513. The summed E-state index contributed by atoms with van der Waals surface area (Å²) < 4.78 is 30.0. The van der Waals surface area contributed by atoms with Crippen LogP contribution < -0.4 is 4.72 Å². The van der Waals surface area contributed by atoms with E-state index in [1.807, 2.05) is 6.92 Å². The van der Waals surface area contributed by atoms with E-state index in [9.17, 15) is 13.2 Å². The number of sulfonamides is 1. The maximum Gasteiger partial charge on any atom is 0.341 e. The van der Waals surface area contributed by atoms with Crippen LogP contribution in [-0.2, 0) is 21.2 Å². The Labute approximate surface area is 119 Å². The van der Waals surface area contributed by atoms with Crippen LogP contribution in [0.4, 0.5) is 5.00 Å². The first-order chi connectivity index (χ1) is 8.43. The lowest BCUT2D eigenvalue weighted by Gasteiger charge is -2.05. The van der Waals surface area contributed by atoms with E-state index in [0.29, 0.717) is 5.00 Å². The third-order valence-electron chi connectivity index (χ3n) is 2.02. The highest BCUT2D eigenvalue weighted by molar-refractivity contribution is 9.10. The molecular weight excluding hydrogens is 342 g/mol. The quantitative estimate of drug-likeness (QED) is 0.628. The molecule has 0 aliphatic carbocycles. The number of hydrogen-bond donors (Lipinski definition) is 1. The van der Waals surface area contributed by atoms with Gasteiger partial charge in [-0.15, -0.1) is 11.3 Å². The van der Waals surface area contributed by atoms with E-state index in [1.54, 1.807) is 13.0 Å². The molecular formula is C10H14BrNO4S2. The largest absolute Gasteiger partial charge is 0.462 e. The summed E-state index contributed by atoms with van der Waals surface area (Å²) in [5, 5.41) is 0.310. The van der Waals surface area contributed by atoms with Gasteiger partial charge in [0.1, 0.15) is 9.66 Å². The first kappa shape index (κ1) is 15.5. The van der Waals surface area contributed by atoms with Gasteiger partial charge < -0.3 is 4.74 Å². The van der Waals surface area contributed by atoms with Gasteiger partial charge in [0, 0.05) is 4.88 Å². The molecule has 102 valence electrons. The van der Waals surface area contributed by atoms with Crippen molar-refractivity contribution < 1.29 is 17.9 Å². The molecule has 1 aromatic rings. The van der Waals surface area contributed by atoms with Crippen LogP contribution in [0.3, 0.4) is 0 Å². The van der Waals surface area contributed by atoms with E-state index < -0.39 is 16.0 Å². The van der Waals surface area contributed by atoms with E-state index in [0.717, 1.165) is 11.3 Å². The first-order valence-corrected chi connectivity index (χ1v) is 8.88. The van der Waals surface area contributed by atoms with Gasteiger partial charge in [0.15, 0.2) is 0 Å². The number of anilines is 1. The van der Waals surface area contributed by atoms with Crippen LogP contribution in [-0.4, -0.2) is 25.7 Å². The van der Waals surface area contributed by atoms with Gasteiger partial charge in [0.25, 0.3) is 0 Å². The molecule has 1 heterocycles.